The van der Waals surface area contributed by atoms with E-state index in [1.165, 1.54) is 22.7 Å². The zero-order chi connectivity index (χ0) is 18.7. The fourth-order valence-corrected chi connectivity index (χ4v) is 5.49. The summed E-state index contributed by atoms with van der Waals surface area (Å²) in [6.45, 7) is 0. The predicted molar refractivity (Wildman–Crippen MR) is 103 cm³/mol. The molecule has 0 aliphatic heterocycles. The zero-order valence-electron chi connectivity index (χ0n) is 14.1. The zero-order valence-corrected chi connectivity index (χ0v) is 15.8. The molecule has 0 bridgehead atoms. The number of anilines is 1. The molecule has 3 rings (SSSR count). The molecule has 4 N–H and O–H groups in total. The first-order chi connectivity index (χ1) is 12.4. The molecule has 2 aromatic rings. The Morgan fingerprint density at radius 2 is 1.92 bits per heavy atom. The average molecular weight is 393 g/mol. The normalized spacial score (nSPS) is 15.7. The molecule has 26 heavy (non-hydrogen) atoms. The fraction of sp³-hybridized carbons (Fsp3) is 0.389. The summed E-state index contributed by atoms with van der Waals surface area (Å²) in [6, 6.07) is 3.78. The van der Waals surface area contributed by atoms with Crippen LogP contribution in [0.1, 0.15) is 48.9 Å². The first-order valence-electron chi connectivity index (χ1n) is 8.37. The predicted octanol–water partition coefficient (Wildman–Crippen LogP) is 3.94. The standard InChI is InChI=1S/C18H20N2O4S2/c19-16(24)15-11(12-4-3-7-25-12)10-26-17(15)20-13(21)8-18(9-14(22)23)5-1-2-6-18/h3-4,7,10H,1-2,5-6,8-9H2,(H2,19,24)(H,20,21)(H,22,23). The number of hydrogen-bond donors (Lipinski definition) is 3. The van der Waals surface area contributed by atoms with Crippen molar-refractivity contribution < 1.29 is 19.5 Å². The molecule has 138 valence electrons. The average Bonchev–Trinajstić information content (AvgIpc) is 3.26. The first kappa shape index (κ1) is 18.6. The summed E-state index contributed by atoms with van der Waals surface area (Å²) in [4.78, 5) is 36.6. The van der Waals surface area contributed by atoms with Gasteiger partial charge in [0.2, 0.25) is 5.91 Å². The minimum Gasteiger partial charge on any atom is -0.481 e. The third-order valence-electron chi connectivity index (χ3n) is 4.80. The lowest BCUT2D eigenvalue weighted by molar-refractivity contribution is -0.140. The van der Waals surface area contributed by atoms with E-state index >= 15 is 0 Å². The molecule has 0 radical (unpaired) electrons. The molecule has 2 aromatic heterocycles. The van der Waals surface area contributed by atoms with Crippen molar-refractivity contribution in [2.45, 2.75) is 38.5 Å². The Balaban J connectivity index is 1.79. The Hall–Kier alpha value is -2.19. The van der Waals surface area contributed by atoms with E-state index in [4.69, 9.17) is 5.73 Å². The SMILES string of the molecule is NC(=O)c1c(-c2cccs2)csc1NC(=O)CC1(CC(=O)O)CCCC1. The Morgan fingerprint density at radius 3 is 2.50 bits per heavy atom. The van der Waals surface area contributed by atoms with Gasteiger partial charge in [0, 0.05) is 22.2 Å². The van der Waals surface area contributed by atoms with Crippen LogP contribution in [-0.2, 0) is 9.59 Å². The van der Waals surface area contributed by atoms with Gasteiger partial charge in [-0.05, 0) is 29.7 Å². The molecule has 0 unspecified atom stereocenters. The highest BCUT2D eigenvalue weighted by molar-refractivity contribution is 7.17. The van der Waals surface area contributed by atoms with E-state index in [9.17, 15) is 19.5 Å². The molecule has 8 heteroatoms. The van der Waals surface area contributed by atoms with Gasteiger partial charge in [-0.1, -0.05) is 18.9 Å². The van der Waals surface area contributed by atoms with Crippen LogP contribution in [0.5, 0.6) is 0 Å². The molecule has 1 aliphatic rings. The monoisotopic (exact) mass is 392 g/mol. The maximum atomic E-state index is 12.6. The van der Waals surface area contributed by atoms with Gasteiger partial charge in [-0.25, -0.2) is 0 Å². The molecule has 1 saturated carbocycles. The number of rotatable bonds is 7. The van der Waals surface area contributed by atoms with Gasteiger partial charge in [0.1, 0.15) is 5.00 Å². The Kier molecular flexibility index (Phi) is 5.43. The molecular weight excluding hydrogens is 372 g/mol. The van der Waals surface area contributed by atoms with E-state index in [0.29, 0.717) is 16.1 Å². The van der Waals surface area contributed by atoms with Crippen LogP contribution in [0.25, 0.3) is 10.4 Å². The number of thiophene rings is 2. The van der Waals surface area contributed by atoms with E-state index in [-0.39, 0.29) is 18.7 Å². The molecule has 1 aliphatic carbocycles. The van der Waals surface area contributed by atoms with Crippen molar-refractivity contribution in [3.05, 3.63) is 28.5 Å². The van der Waals surface area contributed by atoms with Crippen LogP contribution in [0, 0.1) is 5.41 Å². The molecule has 1 fully saturated rings. The van der Waals surface area contributed by atoms with Gasteiger partial charge in [0.15, 0.2) is 0 Å². The summed E-state index contributed by atoms with van der Waals surface area (Å²) in [5, 5.41) is 16.1. The van der Waals surface area contributed by atoms with Gasteiger partial charge in [0.25, 0.3) is 5.91 Å². The summed E-state index contributed by atoms with van der Waals surface area (Å²) in [6.07, 6.45) is 3.49. The van der Waals surface area contributed by atoms with Crippen molar-refractivity contribution in [3.63, 3.8) is 0 Å². The molecular formula is C18H20N2O4S2. The number of nitrogens with two attached hydrogens (primary N) is 1. The topological polar surface area (TPSA) is 109 Å². The smallest absolute Gasteiger partial charge is 0.303 e. The van der Waals surface area contributed by atoms with Crippen molar-refractivity contribution in [1.82, 2.24) is 0 Å². The molecule has 2 heterocycles. The van der Waals surface area contributed by atoms with Gasteiger partial charge in [-0.2, -0.15) is 0 Å². The number of primary amides is 1. The van der Waals surface area contributed by atoms with E-state index in [0.717, 1.165) is 30.6 Å². The van der Waals surface area contributed by atoms with Crippen LogP contribution in [0.2, 0.25) is 0 Å². The Morgan fingerprint density at radius 1 is 1.19 bits per heavy atom. The molecule has 0 atom stereocenters. The first-order valence-corrected chi connectivity index (χ1v) is 10.1. The Labute approximate surface area is 159 Å². The number of hydrogen-bond acceptors (Lipinski definition) is 5. The van der Waals surface area contributed by atoms with Crippen LogP contribution in [0.15, 0.2) is 22.9 Å². The van der Waals surface area contributed by atoms with Crippen molar-refractivity contribution in [1.29, 1.82) is 0 Å². The Bertz CT molecular complexity index is 820. The van der Waals surface area contributed by atoms with Crippen molar-refractivity contribution in [2.75, 3.05) is 5.32 Å². The minimum atomic E-state index is -0.881. The summed E-state index contributed by atoms with van der Waals surface area (Å²) in [5.74, 6) is -1.74. The molecule has 6 nitrogen and oxygen atoms in total. The summed E-state index contributed by atoms with van der Waals surface area (Å²) in [5.41, 5.74) is 6.08. The number of aliphatic carboxylic acids is 1. The van der Waals surface area contributed by atoms with Gasteiger partial charge in [-0.15, -0.1) is 22.7 Å². The summed E-state index contributed by atoms with van der Waals surface area (Å²) >= 11 is 2.75. The second kappa shape index (κ2) is 7.59. The summed E-state index contributed by atoms with van der Waals surface area (Å²) in [7, 11) is 0. The number of carboxylic acids is 1. The number of nitrogens with one attached hydrogen (secondary N) is 1. The van der Waals surface area contributed by atoms with Crippen molar-refractivity contribution in [2.24, 2.45) is 11.1 Å². The number of carboxylic acid groups (broad SMARTS) is 1. The van der Waals surface area contributed by atoms with Crippen LogP contribution in [0.3, 0.4) is 0 Å². The molecule has 2 amide bonds. The van der Waals surface area contributed by atoms with E-state index in [2.05, 4.69) is 5.32 Å². The van der Waals surface area contributed by atoms with Crippen LogP contribution >= 0.6 is 22.7 Å². The van der Waals surface area contributed by atoms with Gasteiger partial charge in [0.05, 0.1) is 12.0 Å². The van der Waals surface area contributed by atoms with E-state index < -0.39 is 17.3 Å². The van der Waals surface area contributed by atoms with Crippen LogP contribution in [0.4, 0.5) is 5.00 Å². The third-order valence-corrected chi connectivity index (χ3v) is 6.60. The van der Waals surface area contributed by atoms with E-state index in [1.807, 2.05) is 22.9 Å². The lowest BCUT2D eigenvalue weighted by Crippen LogP contribution is -2.28. The van der Waals surface area contributed by atoms with Crippen LogP contribution in [-0.4, -0.2) is 22.9 Å². The highest BCUT2D eigenvalue weighted by Gasteiger charge is 2.38. The number of amides is 2. The molecule has 0 saturated heterocycles. The lowest BCUT2D eigenvalue weighted by Gasteiger charge is -2.26. The maximum Gasteiger partial charge on any atom is 0.303 e. The highest BCUT2D eigenvalue weighted by Crippen LogP contribution is 2.44. The van der Waals surface area contributed by atoms with Gasteiger partial charge in [-0.3, -0.25) is 14.4 Å². The van der Waals surface area contributed by atoms with Crippen LogP contribution < -0.4 is 11.1 Å². The van der Waals surface area contributed by atoms with Gasteiger partial charge >= 0.3 is 5.97 Å². The lowest BCUT2D eigenvalue weighted by atomic mass is 9.79. The minimum absolute atomic E-state index is 0.00597. The summed E-state index contributed by atoms with van der Waals surface area (Å²) < 4.78 is 0. The highest BCUT2D eigenvalue weighted by atomic mass is 32.1. The molecule has 0 spiro atoms. The second-order valence-corrected chi connectivity index (χ2v) is 8.52. The van der Waals surface area contributed by atoms with Crippen molar-refractivity contribution >= 4 is 45.5 Å². The second-order valence-electron chi connectivity index (χ2n) is 6.70. The number of carbonyl (C=O) groups is 3. The molecule has 0 aromatic carbocycles. The quantitative estimate of drug-likeness (QED) is 0.663. The number of carbonyl (C=O) groups excluding carboxylic acids is 2. The maximum absolute atomic E-state index is 12.6. The van der Waals surface area contributed by atoms with Crippen molar-refractivity contribution in [3.8, 4) is 10.4 Å². The largest absolute Gasteiger partial charge is 0.481 e. The van der Waals surface area contributed by atoms with Gasteiger partial charge < -0.3 is 16.2 Å². The van der Waals surface area contributed by atoms with E-state index in [1.54, 1.807) is 0 Å². The fourth-order valence-electron chi connectivity index (χ4n) is 3.68. The third kappa shape index (κ3) is 3.96.